The SMILES string of the molecule is CC(=O)N/N=C\CCC(=O)NCCN=[N+]=[N-]. The minimum atomic E-state index is -0.255. The molecule has 0 aliphatic rings. The van der Waals surface area contributed by atoms with Crippen molar-refractivity contribution >= 4 is 18.0 Å². The smallest absolute Gasteiger partial charge is 0.236 e. The third-order valence-electron chi connectivity index (χ3n) is 1.41. The second kappa shape index (κ2) is 9.47. The van der Waals surface area contributed by atoms with Crippen LogP contribution in [0.3, 0.4) is 0 Å². The van der Waals surface area contributed by atoms with Crippen molar-refractivity contribution in [2.75, 3.05) is 13.1 Å². The molecule has 0 radical (unpaired) electrons. The molecule has 8 nitrogen and oxygen atoms in total. The molecule has 0 saturated heterocycles. The van der Waals surface area contributed by atoms with Gasteiger partial charge in [0.15, 0.2) is 0 Å². The van der Waals surface area contributed by atoms with Gasteiger partial charge in [-0.15, -0.1) is 0 Å². The van der Waals surface area contributed by atoms with Crippen molar-refractivity contribution in [2.45, 2.75) is 19.8 Å². The first-order chi connectivity index (χ1) is 7.66. The molecule has 0 aromatic rings. The lowest BCUT2D eigenvalue weighted by Gasteiger charge is -2.00. The number of hydrazone groups is 1. The zero-order chi connectivity index (χ0) is 12.2. The number of rotatable bonds is 7. The number of amides is 2. The van der Waals surface area contributed by atoms with Crippen LogP contribution in [0.1, 0.15) is 19.8 Å². The summed E-state index contributed by atoms with van der Waals surface area (Å²) in [6.07, 6.45) is 2.17. The molecule has 16 heavy (non-hydrogen) atoms. The van der Waals surface area contributed by atoms with Crippen LogP contribution in [0.15, 0.2) is 10.2 Å². The molecule has 0 bridgehead atoms. The second-order valence-electron chi connectivity index (χ2n) is 2.82. The van der Waals surface area contributed by atoms with Crippen LogP contribution in [-0.2, 0) is 9.59 Å². The summed E-state index contributed by atoms with van der Waals surface area (Å²) < 4.78 is 0. The first kappa shape index (κ1) is 13.9. The third-order valence-corrected chi connectivity index (χ3v) is 1.41. The molecule has 0 aliphatic carbocycles. The number of carbonyl (C=O) groups excluding carboxylic acids is 2. The average Bonchev–Trinajstić information content (AvgIpc) is 2.23. The molecule has 0 atom stereocenters. The summed E-state index contributed by atoms with van der Waals surface area (Å²) in [6, 6.07) is 0. The molecule has 0 unspecified atom stereocenters. The quantitative estimate of drug-likeness (QED) is 0.162. The number of nitrogens with zero attached hydrogens (tertiary/aromatic N) is 4. The Morgan fingerprint density at radius 1 is 1.50 bits per heavy atom. The van der Waals surface area contributed by atoms with E-state index in [1.165, 1.54) is 13.1 Å². The van der Waals surface area contributed by atoms with E-state index in [0.717, 1.165) is 0 Å². The minimum Gasteiger partial charge on any atom is -0.356 e. The van der Waals surface area contributed by atoms with E-state index in [9.17, 15) is 9.59 Å². The van der Waals surface area contributed by atoms with E-state index in [2.05, 4.69) is 25.9 Å². The highest BCUT2D eigenvalue weighted by Crippen LogP contribution is 1.84. The van der Waals surface area contributed by atoms with Gasteiger partial charge in [-0.1, -0.05) is 5.11 Å². The predicted octanol–water partition coefficient (Wildman–Crippen LogP) is 0.315. The molecule has 0 saturated carbocycles. The molecule has 0 spiro atoms. The van der Waals surface area contributed by atoms with Gasteiger partial charge in [-0.2, -0.15) is 5.10 Å². The highest BCUT2D eigenvalue weighted by molar-refractivity contribution is 5.79. The fourth-order valence-corrected chi connectivity index (χ4v) is 0.775. The predicted molar refractivity (Wildman–Crippen MR) is 58.6 cm³/mol. The Hall–Kier alpha value is -2.08. The maximum absolute atomic E-state index is 11.1. The Labute approximate surface area is 92.7 Å². The van der Waals surface area contributed by atoms with Crippen LogP contribution in [0, 0.1) is 0 Å². The van der Waals surface area contributed by atoms with Crippen LogP contribution in [0.2, 0.25) is 0 Å². The van der Waals surface area contributed by atoms with Crippen LogP contribution < -0.4 is 10.7 Å². The second-order valence-corrected chi connectivity index (χ2v) is 2.82. The average molecular weight is 226 g/mol. The van der Waals surface area contributed by atoms with Gasteiger partial charge in [0.25, 0.3) is 0 Å². The van der Waals surface area contributed by atoms with E-state index >= 15 is 0 Å². The van der Waals surface area contributed by atoms with Crippen molar-refractivity contribution in [1.29, 1.82) is 0 Å². The fourth-order valence-electron chi connectivity index (χ4n) is 0.775. The lowest BCUT2D eigenvalue weighted by Crippen LogP contribution is -2.25. The fraction of sp³-hybridized carbons (Fsp3) is 0.625. The van der Waals surface area contributed by atoms with Crippen LogP contribution >= 0.6 is 0 Å². The van der Waals surface area contributed by atoms with Gasteiger partial charge in [-0.05, 0) is 12.0 Å². The van der Waals surface area contributed by atoms with Crippen molar-refractivity contribution in [1.82, 2.24) is 10.7 Å². The molecule has 0 aromatic carbocycles. The van der Waals surface area contributed by atoms with Crippen molar-refractivity contribution in [3.05, 3.63) is 10.4 Å². The van der Waals surface area contributed by atoms with Gasteiger partial charge in [0, 0.05) is 37.6 Å². The van der Waals surface area contributed by atoms with Crippen LogP contribution in [-0.4, -0.2) is 31.1 Å². The Balaban J connectivity index is 3.46. The van der Waals surface area contributed by atoms with Crippen LogP contribution in [0.5, 0.6) is 0 Å². The zero-order valence-corrected chi connectivity index (χ0v) is 9.01. The molecule has 2 N–H and O–H groups in total. The van der Waals surface area contributed by atoms with Gasteiger partial charge in [-0.3, -0.25) is 9.59 Å². The van der Waals surface area contributed by atoms with Gasteiger partial charge in [0.1, 0.15) is 0 Å². The first-order valence-electron chi connectivity index (χ1n) is 4.72. The number of nitrogens with one attached hydrogen (secondary N) is 2. The topological polar surface area (TPSA) is 119 Å². The third kappa shape index (κ3) is 10.0. The molecule has 0 heterocycles. The van der Waals surface area contributed by atoms with Crippen molar-refractivity contribution in [2.24, 2.45) is 10.2 Å². The maximum Gasteiger partial charge on any atom is 0.236 e. The van der Waals surface area contributed by atoms with Gasteiger partial charge >= 0.3 is 0 Å². The van der Waals surface area contributed by atoms with Gasteiger partial charge in [0.2, 0.25) is 11.8 Å². The summed E-state index contributed by atoms with van der Waals surface area (Å²) in [5, 5.41) is 9.41. The van der Waals surface area contributed by atoms with E-state index in [1.54, 1.807) is 0 Å². The van der Waals surface area contributed by atoms with Gasteiger partial charge in [-0.25, -0.2) is 5.43 Å². The summed E-state index contributed by atoms with van der Waals surface area (Å²) >= 11 is 0. The number of hydrogen-bond donors (Lipinski definition) is 2. The normalized spacial score (nSPS) is 9.56. The summed E-state index contributed by atoms with van der Waals surface area (Å²) in [6.45, 7) is 1.91. The van der Waals surface area contributed by atoms with E-state index in [0.29, 0.717) is 13.0 Å². The summed E-state index contributed by atoms with van der Waals surface area (Å²) in [5.74, 6) is -0.405. The molecule has 0 aliphatic heterocycles. The number of carbonyl (C=O) groups is 2. The monoisotopic (exact) mass is 226 g/mol. The molecule has 0 fully saturated rings. The molecule has 88 valence electrons. The van der Waals surface area contributed by atoms with E-state index in [4.69, 9.17) is 5.53 Å². The highest BCUT2D eigenvalue weighted by Gasteiger charge is 1.97. The summed E-state index contributed by atoms with van der Waals surface area (Å²) in [7, 11) is 0. The van der Waals surface area contributed by atoms with Gasteiger partial charge < -0.3 is 5.32 Å². The standard InChI is InChI=1S/C8H14N6O2/c1-7(15)13-11-4-2-3-8(16)10-5-6-12-14-9/h4H,2-3,5-6H2,1H3,(H,10,16)(H,13,15)/b11-4-. The van der Waals surface area contributed by atoms with E-state index in [-0.39, 0.29) is 24.8 Å². The molecule has 2 amide bonds. The van der Waals surface area contributed by atoms with E-state index < -0.39 is 0 Å². The largest absolute Gasteiger partial charge is 0.356 e. The summed E-state index contributed by atoms with van der Waals surface area (Å²) in [4.78, 5) is 24.1. The van der Waals surface area contributed by atoms with Gasteiger partial charge in [0.05, 0.1) is 0 Å². The molecular formula is C8H14N6O2. The molecule has 8 heteroatoms. The van der Waals surface area contributed by atoms with Crippen LogP contribution in [0.4, 0.5) is 0 Å². The lowest BCUT2D eigenvalue weighted by atomic mass is 10.3. The number of azide groups is 1. The van der Waals surface area contributed by atoms with Crippen molar-refractivity contribution < 1.29 is 9.59 Å². The molecule has 0 aromatic heterocycles. The molecule has 0 rings (SSSR count). The Morgan fingerprint density at radius 3 is 2.88 bits per heavy atom. The Morgan fingerprint density at radius 2 is 2.25 bits per heavy atom. The van der Waals surface area contributed by atoms with E-state index in [1.807, 2.05) is 0 Å². The van der Waals surface area contributed by atoms with Crippen molar-refractivity contribution in [3.8, 4) is 0 Å². The summed E-state index contributed by atoms with van der Waals surface area (Å²) in [5.41, 5.74) is 10.2. The Kier molecular flexibility index (Phi) is 8.24. The van der Waals surface area contributed by atoms with Crippen LogP contribution in [0.25, 0.3) is 10.4 Å². The minimum absolute atomic E-state index is 0.151. The lowest BCUT2D eigenvalue weighted by molar-refractivity contribution is -0.121. The zero-order valence-electron chi connectivity index (χ0n) is 9.01. The Bertz CT molecular complexity index is 308. The number of hydrogen-bond acceptors (Lipinski definition) is 4. The van der Waals surface area contributed by atoms with Crippen molar-refractivity contribution in [3.63, 3.8) is 0 Å². The highest BCUT2D eigenvalue weighted by atomic mass is 16.2. The maximum atomic E-state index is 11.1. The first-order valence-corrected chi connectivity index (χ1v) is 4.72. The molecular weight excluding hydrogens is 212 g/mol.